The number of benzene rings is 2. The maximum Gasteiger partial charge on any atom is 0.410 e. The molecule has 0 N–H and O–H groups in total. The highest BCUT2D eigenvalue weighted by atomic mass is 19.1. The van der Waals surface area contributed by atoms with Crippen LogP contribution in [0.5, 0.6) is 0 Å². The molecule has 0 spiro atoms. The smallest absolute Gasteiger partial charge is 0.410 e. The molecule has 1 unspecified atom stereocenters. The molecule has 2 aromatic carbocycles. The van der Waals surface area contributed by atoms with Crippen molar-refractivity contribution in [3.63, 3.8) is 0 Å². The molecule has 2 aliphatic heterocycles. The molecule has 1 atom stereocenters. The number of halogens is 1. The number of hydrogen-bond donors (Lipinski definition) is 0. The van der Waals surface area contributed by atoms with Gasteiger partial charge in [0.25, 0.3) is 11.8 Å². The summed E-state index contributed by atoms with van der Waals surface area (Å²) in [7, 11) is 0. The Kier molecular flexibility index (Phi) is 5.13. The minimum absolute atomic E-state index is 0.0869. The summed E-state index contributed by atoms with van der Waals surface area (Å²) in [5.74, 6) is -1.21. The third kappa shape index (κ3) is 3.95. The van der Waals surface area contributed by atoms with Gasteiger partial charge in [0, 0.05) is 13.1 Å². The van der Waals surface area contributed by atoms with Crippen LogP contribution in [0.1, 0.15) is 47.1 Å². The number of ether oxygens (including phenoxy) is 1. The summed E-state index contributed by atoms with van der Waals surface area (Å²) in [4.78, 5) is 41.6. The molecular weight excluding hydrogens is 399 g/mol. The van der Waals surface area contributed by atoms with E-state index in [-0.39, 0.29) is 18.9 Å². The highest BCUT2D eigenvalue weighted by Crippen LogP contribution is 2.33. The lowest BCUT2D eigenvalue weighted by Gasteiger charge is -2.37. The molecule has 31 heavy (non-hydrogen) atoms. The van der Waals surface area contributed by atoms with Crippen LogP contribution in [-0.4, -0.2) is 52.4 Å². The van der Waals surface area contributed by atoms with Crippen molar-refractivity contribution >= 4 is 23.5 Å². The summed E-state index contributed by atoms with van der Waals surface area (Å²) in [6, 6.07) is 11.8. The van der Waals surface area contributed by atoms with Crippen LogP contribution in [0.3, 0.4) is 0 Å². The molecule has 6 nitrogen and oxygen atoms in total. The van der Waals surface area contributed by atoms with Crippen LogP contribution in [0.15, 0.2) is 54.6 Å². The van der Waals surface area contributed by atoms with Gasteiger partial charge in [0.05, 0.1) is 17.2 Å². The third-order valence-corrected chi connectivity index (χ3v) is 5.25. The zero-order valence-corrected chi connectivity index (χ0v) is 17.6. The zero-order valence-electron chi connectivity index (χ0n) is 17.6. The SMILES string of the molecule is CC(C)(C)OC(=O)N1CC=C(c2ccc(F)cc2)C(N2C(=O)c3ccccc3C2=O)C1. The van der Waals surface area contributed by atoms with Gasteiger partial charge in [-0.3, -0.25) is 14.5 Å². The molecule has 160 valence electrons. The van der Waals surface area contributed by atoms with Crippen molar-refractivity contribution in [1.29, 1.82) is 0 Å². The standard InChI is InChI=1S/C24H23FN2O4/c1-24(2,3)31-23(30)26-13-12-17(15-8-10-16(25)11-9-15)20(14-26)27-21(28)18-6-4-5-7-19(18)22(27)29/h4-12,20H,13-14H2,1-3H3. The number of nitrogens with zero attached hydrogens (tertiary/aromatic N) is 2. The first kappa shape index (κ1) is 20.8. The van der Waals surface area contributed by atoms with Gasteiger partial charge in [-0.2, -0.15) is 0 Å². The molecular formula is C24H23FN2O4. The fourth-order valence-electron chi connectivity index (χ4n) is 3.87. The second-order valence-corrected chi connectivity index (χ2v) is 8.59. The minimum Gasteiger partial charge on any atom is -0.444 e. The van der Waals surface area contributed by atoms with E-state index in [1.54, 1.807) is 63.2 Å². The van der Waals surface area contributed by atoms with Crippen molar-refractivity contribution in [2.45, 2.75) is 32.4 Å². The molecule has 0 aliphatic carbocycles. The summed E-state index contributed by atoms with van der Waals surface area (Å²) >= 11 is 0. The maximum atomic E-state index is 13.5. The van der Waals surface area contributed by atoms with E-state index in [2.05, 4.69) is 0 Å². The molecule has 2 heterocycles. The Morgan fingerprint density at radius 2 is 1.58 bits per heavy atom. The predicted molar refractivity (Wildman–Crippen MR) is 113 cm³/mol. The van der Waals surface area contributed by atoms with E-state index in [0.717, 1.165) is 0 Å². The van der Waals surface area contributed by atoms with Gasteiger partial charge < -0.3 is 9.64 Å². The first-order chi connectivity index (χ1) is 14.7. The van der Waals surface area contributed by atoms with Crippen molar-refractivity contribution in [1.82, 2.24) is 9.80 Å². The van der Waals surface area contributed by atoms with Gasteiger partial charge in [-0.25, -0.2) is 9.18 Å². The van der Waals surface area contributed by atoms with Crippen LogP contribution in [0.2, 0.25) is 0 Å². The summed E-state index contributed by atoms with van der Waals surface area (Å²) in [5, 5.41) is 0. The summed E-state index contributed by atoms with van der Waals surface area (Å²) in [6.45, 7) is 5.66. The topological polar surface area (TPSA) is 66.9 Å². The molecule has 4 rings (SSSR count). The fraction of sp³-hybridized carbons (Fsp3) is 0.292. The van der Waals surface area contributed by atoms with Crippen molar-refractivity contribution in [2.75, 3.05) is 13.1 Å². The number of carbonyl (C=O) groups excluding carboxylic acids is 3. The van der Waals surface area contributed by atoms with Gasteiger partial charge in [-0.1, -0.05) is 30.3 Å². The maximum absolute atomic E-state index is 13.5. The van der Waals surface area contributed by atoms with E-state index in [1.807, 2.05) is 0 Å². The Morgan fingerprint density at radius 3 is 2.13 bits per heavy atom. The lowest BCUT2D eigenvalue weighted by Crippen LogP contribution is -2.52. The summed E-state index contributed by atoms with van der Waals surface area (Å²) < 4.78 is 19.0. The van der Waals surface area contributed by atoms with Crippen molar-refractivity contribution in [3.8, 4) is 0 Å². The van der Waals surface area contributed by atoms with Gasteiger partial charge in [-0.05, 0) is 56.2 Å². The van der Waals surface area contributed by atoms with E-state index < -0.39 is 29.6 Å². The van der Waals surface area contributed by atoms with E-state index in [4.69, 9.17) is 4.74 Å². The number of amides is 3. The zero-order chi connectivity index (χ0) is 22.3. The van der Waals surface area contributed by atoms with Gasteiger partial charge in [0.15, 0.2) is 0 Å². The van der Waals surface area contributed by atoms with Crippen molar-refractivity contribution in [3.05, 3.63) is 77.1 Å². The van der Waals surface area contributed by atoms with Crippen LogP contribution in [0.4, 0.5) is 9.18 Å². The first-order valence-electron chi connectivity index (χ1n) is 10.1. The number of hydrogen-bond acceptors (Lipinski definition) is 4. The van der Waals surface area contributed by atoms with Crippen LogP contribution in [0.25, 0.3) is 5.57 Å². The highest BCUT2D eigenvalue weighted by molar-refractivity contribution is 6.22. The predicted octanol–water partition coefficient (Wildman–Crippen LogP) is 4.12. The van der Waals surface area contributed by atoms with Gasteiger partial charge in [-0.15, -0.1) is 0 Å². The number of carbonyl (C=O) groups is 3. The van der Waals surface area contributed by atoms with E-state index in [0.29, 0.717) is 22.3 Å². The molecule has 2 aliphatic rings. The van der Waals surface area contributed by atoms with E-state index >= 15 is 0 Å². The first-order valence-corrected chi connectivity index (χ1v) is 10.1. The van der Waals surface area contributed by atoms with Crippen molar-refractivity contribution < 1.29 is 23.5 Å². The van der Waals surface area contributed by atoms with Gasteiger partial charge in [0.2, 0.25) is 0 Å². The fourth-order valence-corrected chi connectivity index (χ4v) is 3.87. The van der Waals surface area contributed by atoms with Gasteiger partial charge >= 0.3 is 6.09 Å². The molecule has 0 saturated carbocycles. The van der Waals surface area contributed by atoms with Crippen molar-refractivity contribution in [2.24, 2.45) is 0 Å². The molecule has 7 heteroatoms. The molecule has 0 fully saturated rings. The Hall–Kier alpha value is -3.48. The summed E-state index contributed by atoms with van der Waals surface area (Å²) in [6.07, 6.45) is 1.26. The number of fused-ring (bicyclic) bond motifs is 1. The lowest BCUT2D eigenvalue weighted by molar-refractivity contribution is 0.0216. The summed E-state index contributed by atoms with van der Waals surface area (Å²) in [5.41, 5.74) is 1.37. The molecule has 0 bridgehead atoms. The van der Waals surface area contributed by atoms with Crippen LogP contribution in [-0.2, 0) is 4.74 Å². The van der Waals surface area contributed by atoms with Gasteiger partial charge in [0.1, 0.15) is 11.4 Å². The largest absolute Gasteiger partial charge is 0.444 e. The lowest BCUT2D eigenvalue weighted by atomic mass is 9.93. The highest BCUT2D eigenvalue weighted by Gasteiger charge is 2.43. The Balaban J connectivity index is 1.72. The quantitative estimate of drug-likeness (QED) is 0.683. The third-order valence-electron chi connectivity index (χ3n) is 5.25. The second-order valence-electron chi connectivity index (χ2n) is 8.59. The molecule has 0 radical (unpaired) electrons. The minimum atomic E-state index is -0.723. The number of rotatable bonds is 2. The average Bonchev–Trinajstić information content (AvgIpc) is 2.98. The molecule has 0 aromatic heterocycles. The Labute approximate surface area is 179 Å². The second kappa shape index (κ2) is 7.65. The van der Waals surface area contributed by atoms with E-state index in [9.17, 15) is 18.8 Å². The van der Waals surface area contributed by atoms with Crippen LogP contribution in [0, 0.1) is 5.82 Å². The van der Waals surface area contributed by atoms with Crippen LogP contribution < -0.4 is 0 Å². The number of imide groups is 1. The Bertz CT molecular complexity index is 1050. The van der Waals surface area contributed by atoms with E-state index in [1.165, 1.54) is 21.9 Å². The molecule has 3 amide bonds. The average molecular weight is 422 g/mol. The molecule has 0 saturated heterocycles. The van der Waals surface area contributed by atoms with Crippen LogP contribution >= 0.6 is 0 Å². The molecule has 2 aromatic rings. The monoisotopic (exact) mass is 422 g/mol. The Morgan fingerprint density at radius 1 is 1.00 bits per heavy atom. The normalized spacial score (nSPS) is 18.7.